The van der Waals surface area contributed by atoms with Gasteiger partial charge in [-0.05, 0) is 13.0 Å². The Labute approximate surface area is 100.0 Å². The highest BCUT2D eigenvalue weighted by atomic mass is 16.2. The minimum absolute atomic E-state index is 0.192. The van der Waals surface area contributed by atoms with Crippen LogP contribution in [0.2, 0.25) is 0 Å². The number of H-pyrrole nitrogens is 1. The third-order valence-electron chi connectivity index (χ3n) is 2.78. The van der Waals surface area contributed by atoms with Crippen molar-refractivity contribution in [3.8, 4) is 0 Å². The number of nitrogens with one attached hydrogen (secondary N) is 3. The summed E-state index contributed by atoms with van der Waals surface area (Å²) in [6.45, 7) is 6.00. The molecule has 1 fully saturated rings. The third-order valence-corrected chi connectivity index (χ3v) is 2.78. The molecule has 0 aliphatic carbocycles. The molecular formula is C10H18N6O. The number of piperazine rings is 1. The molecule has 0 spiro atoms. The third kappa shape index (κ3) is 3.79. The zero-order valence-corrected chi connectivity index (χ0v) is 9.78. The molecule has 7 nitrogen and oxygen atoms in total. The number of nitrogens with zero attached hydrogens (tertiary/aromatic N) is 3. The van der Waals surface area contributed by atoms with Gasteiger partial charge in [0, 0.05) is 32.7 Å². The topological polar surface area (TPSA) is 85.9 Å². The van der Waals surface area contributed by atoms with Crippen LogP contribution in [0.5, 0.6) is 0 Å². The molecule has 1 amide bonds. The Morgan fingerprint density at radius 1 is 1.47 bits per heavy atom. The first kappa shape index (κ1) is 12.0. The van der Waals surface area contributed by atoms with Crippen molar-refractivity contribution in [1.29, 1.82) is 0 Å². The molecule has 2 heterocycles. The van der Waals surface area contributed by atoms with Crippen molar-refractivity contribution >= 4 is 5.91 Å². The van der Waals surface area contributed by atoms with Crippen LogP contribution in [-0.4, -0.2) is 65.3 Å². The van der Waals surface area contributed by atoms with Gasteiger partial charge in [0.15, 0.2) is 0 Å². The van der Waals surface area contributed by atoms with E-state index in [1.54, 1.807) is 0 Å². The zero-order chi connectivity index (χ0) is 11.9. The van der Waals surface area contributed by atoms with Gasteiger partial charge in [-0.3, -0.25) is 9.89 Å². The molecule has 1 saturated heterocycles. The average Bonchev–Trinajstić information content (AvgIpc) is 2.89. The Balaban J connectivity index is 1.58. The van der Waals surface area contributed by atoms with E-state index in [1.807, 2.05) is 0 Å². The van der Waals surface area contributed by atoms with Gasteiger partial charge in [0.25, 0.3) is 5.91 Å². The first-order valence-corrected chi connectivity index (χ1v) is 5.93. The zero-order valence-electron chi connectivity index (χ0n) is 9.78. The van der Waals surface area contributed by atoms with Gasteiger partial charge in [0.2, 0.25) is 5.82 Å². The van der Waals surface area contributed by atoms with E-state index in [4.69, 9.17) is 0 Å². The van der Waals surface area contributed by atoms with Crippen molar-refractivity contribution in [2.75, 3.05) is 39.3 Å². The predicted octanol–water partition coefficient (Wildman–Crippen LogP) is -1.17. The summed E-state index contributed by atoms with van der Waals surface area (Å²) < 4.78 is 0. The Bertz CT molecular complexity index is 333. The van der Waals surface area contributed by atoms with Crippen LogP contribution in [0.3, 0.4) is 0 Å². The molecule has 0 atom stereocenters. The fourth-order valence-corrected chi connectivity index (χ4v) is 1.84. The Kier molecular flexibility index (Phi) is 4.45. The SMILES string of the molecule is O=C(NCCCN1CCNCC1)c1ncn[nH]1. The van der Waals surface area contributed by atoms with Crippen LogP contribution in [-0.2, 0) is 0 Å². The maximum absolute atomic E-state index is 11.5. The van der Waals surface area contributed by atoms with Crippen LogP contribution in [0.4, 0.5) is 0 Å². The average molecular weight is 238 g/mol. The molecule has 1 aliphatic rings. The Hall–Kier alpha value is -1.47. The van der Waals surface area contributed by atoms with E-state index in [9.17, 15) is 4.79 Å². The second-order valence-corrected chi connectivity index (χ2v) is 4.04. The van der Waals surface area contributed by atoms with Crippen molar-refractivity contribution in [3.05, 3.63) is 12.2 Å². The molecule has 0 radical (unpaired) electrons. The number of aromatic amines is 1. The maximum atomic E-state index is 11.5. The van der Waals surface area contributed by atoms with Gasteiger partial charge in [0.1, 0.15) is 6.33 Å². The summed E-state index contributed by atoms with van der Waals surface area (Å²) in [6, 6.07) is 0. The normalized spacial score (nSPS) is 16.9. The Morgan fingerprint density at radius 3 is 3.00 bits per heavy atom. The highest BCUT2D eigenvalue weighted by Gasteiger charge is 2.10. The van der Waals surface area contributed by atoms with Crippen molar-refractivity contribution < 1.29 is 4.79 Å². The van der Waals surface area contributed by atoms with Crippen molar-refractivity contribution in [1.82, 2.24) is 30.7 Å². The summed E-state index contributed by atoms with van der Waals surface area (Å²) in [5.41, 5.74) is 0. The summed E-state index contributed by atoms with van der Waals surface area (Å²) in [6.07, 6.45) is 2.29. The van der Waals surface area contributed by atoms with Crippen molar-refractivity contribution in [2.45, 2.75) is 6.42 Å². The Morgan fingerprint density at radius 2 is 2.29 bits per heavy atom. The van der Waals surface area contributed by atoms with Crippen LogP contribution < -0.4 is 10.6 Å². The van der Waals surface area contributed by atoms with E-state index < -0.39 is 0 Å². The van der Waals surface area contributed by atoms with E-state index in [0.29, 0.717) is 6.54 Å². The molecule has 1 aromatic rings. The number of carbonyl (C=O) groups excluding carboxylic acids is 1. The quantitative estimate of drug-likeness (QED) is 0.563. The number of aromatic nitrogens is 3. The maximum Gasteiger partial charge on any atom is 0.288 e. The largest absolute Gasteiger partial charge is 0.349 e. The highest BCUT2D eigenvalue weighted by Crippen LogP contribution is 1.94. The summed E-state index contributed by atoms with van der Waals surface area (Å²) in [5, 5.41) is 12.3. The lowest BCUT2D eigenvalue weighted by Gasteiger charge is -2.26. The molecule has 1 aromatic heterocycles. The summed E-state index contributed by atoms with van der Waals surface area (Å²) in [5.74, 6) is 0.0787. The monoisotopic (exact) mass is 238 g/mol. The van der Waals surface area contributed by atoms with Gasteiger partial charge in [-0.25, -0.2) is 4.98 Å². The standard InChI is InChI=1S/C10H18N6O/c17-10(9-13-8-14-15-9)12-2-1-5-16-6-3-11-4-7-16/h8,11H,1-7H2,(H,12,17)(H,13,14,15). The lowest BCUT2D eigenvalue weighted by atomic mass is 10.3. The van der Waals surface area contributed by atoms with Gasteiger partial charge in [-0.2, -0.15) is 5.10 Å². The minimum atomic E-state index is -0.192. The van der Waals surface area contributed by atoms with E-state index in [2.05, 4.69) is 30.7 Å². The van der Waals surface area contributed by atoms with Crippen LogP contribution in [0.15, 0.2) is 6.33 Å². The second-order valence-electron chi connectivity index (χ2n) is 4.04. The number of carbonyl (C=O) groups is 1. The number of hydrogen-bond donors (Lipinski definition) is 3. The number of hydrogen-bond acceptors (Lipinski definition) is 5. The lowest BCUT2D eigenvalue weighted by molar-refractivity contribution is 0.0941. The molecule has 0 saturated carbocycles. The van der Waals surface area contributed by atoms with Gasteiger partial charge in [0.05, 0.1) is 0 Å². The lowest BCUT2D eigenvalue weighted by Crippen LogP contribution is -2.44. The van der Waals surface area contributed by atoms with Gasteiger partial charge in [-0.15, -0.1) is 0 Å². The molecule has 2 rings (SSSR count). The number of rotatable bonds is 5. The molecule has 0 unspecified atom stereocenters. The first-order valence-electron chi connectivity index (χ1n) is 5.93. The van der Waals surface area contributed by atoms with Crippen LogP contribution in [0, 0.1) is 0 Å². The summed E-state index contributed by atoms with van der Waals surface area (Å²) in [7, 11) is 0. The molecule has 1 aliphatic heterocycles. The smallest absolute Gasteiger partial charge is 0.288 e. The van der Waals surface area contributed by atoms with E-state index >= 15 is 0 Å². The van der Waals surface area contributed by atoms with Crippen LogP contribution >= 0.6 is 0 Å². The fourth-order valence-electron chi connectivity index (χ4n) is 1.84. The number of amides is 1. The molecule has 0 aromatic carbocycles. The first-order chi connectivity index (χ1) is 8.36. The summed E-state index contributed by atoms with van der Waals surface area (Å²) >= 11 is 0. The van der Waals surface area contributed by atoms with Crippen molar-refractivity contribution in [2.24, 2.45) is 0 Å². The van der Waals surface area contributed by atoms with Gasteiger partial charge < -0.3 is 15.5 Å². The van der Waals surface area contributed by atoms with Gasteiger partial charge in [-0.1, -0.05) is 0 Å². The minimum Gasteiger partial charge on any atom is -0.349 e. The molecular weight excluding hydrogens is 220 g/mol. The fraction of sp³-hybridized carbons (Fsp3) is 0.700. The molecule has 0 bridgehead atoms. The van der Waals surface area contributed by atoms with Crippen molar-refractivity contribution in [3.63, 3.8) is 0 Å². The molecule has 17 heavy (non-hydrogen) atoms. The summed E-state index contributed by atoms with van der Waals surface area (Å²) in [4.78, 5) is 17.7. The van der Waals surface area contributed by atoms with E-state index in [1.165, 1.54) is 6.33 Å². The molecule has 94 valence electrons. The predicted molar refractivity (Wildman–Crippen MR) is 62.6 cm³/mol. The molecule has 7 heteroatoms. The van der Waals surface area contributed by atoms with Crippen LogP contribution in [0.25, 0.3) is 0 Å². The van der Waals surface area contributed by atoms with E-state index in [-0.39, 0.29) is 11.7 Å². The van der Waals surface area contributed by atoms with Crippen LogP contribution in [0.1, 0.15) is 17.0 Å². The highest BCUT2D eigenvalue weighted by molar-refractivity contribution is 5.90. The van der Waals surface area contributed by atoms with E-state index in [0.717, 1.165) is 39.1 Å². The second kappa shape index (κ2) is 6.31. The molecule has 3 N–H and O–H groups in total. The van der Waals surface area contributed by atoms with Gasteiger partial charge >= 0.3 is 0 Å².